The van der Waals surface area contributed by atoms with Gasteiger partial charge in [-0.3, -0.25) is 4.79 Å². The molecule has 0 bridgehead atoms. The average molecular weight is 292 g/mol. The number of hydrogen-bond donors (Lipinski definition) is 0. The van der Waals surface area contributed by atoms with Crippen molar-refractivity contribution in [2.45, 2.75) is 65.3 Å². The molecular formula is C18H32N2O. The maximum atomic E-state index is 12.0. The van der Waals surface area contributed by atoms with Gasteiger partial charge in [-0.15, -0.1) is 0 Å². The molecule has 3 nitrogen and oxygen atoms in total. The zero-order chi connectivity index (χ0) is 15.0. The smallest absolute Gasteiger partial charge is 0.225 e. The largest absolute Gasteiger partial charge is 0.341 e. The Bertz CT molecular complexity index is 369. The summed E-state index contributed by atoms with van der Waals surface area (Å²) in [6, 6.07) is 0.831. The number of nitrogens with zero attached hydrogens (tertiary/aromatic N) is 2. The van der Waals surface area contributed by atoms with Gasteiger partial charge in [0.1, 0.15) is 0 Å². The summed E-state index contributed by atoms with van der Waals surface area (Å²) in [7, 11) is 0. The van der Waals surface area contributed by atoms with Crippen molar-refractivity contribution in [1.29, 1.82) is 0 Å². The van der Waals surface area contributed by atoms with Crippen molar-refractivity contribution < 1.29 is 4.79 Å². The molecule has 3 aliphatic rings. The van der Waals surface area contributed by atoms with E-state index in [4.69, 9.17) is 0 Å². The second kappa shape index (κ2) is 5.91. The number of carbonyl (C=O) groups excluding carboxylic acids is 1. The Kier molecular flexibility index (Phi) is 4.31. The summed E-state index contributed by atoms with van der Waals surface area (Å²) < 4.78 is 0. The fourth-order valence-electron chi connectivity index (χ4n) is 4.57. The van der Waals surface area contributed by atoms with E-state index in [1.807, 2.05) is 13.8 Å². The molecule has 0 aromatic heterocycles. The van der Waals surface area contributed by atoms with Crippen molar-refractivity contribution in [3.8, 4) is 0 Å². The topological polar surface area (TPSA) is 23.6 Å². The van der Waals surface area contributed by atoms with Gasteiger partial charge < -0.3 is 9.80 Å². The average Bonchev–Trinajstić information content (AvgIpc) is 2.45. The molecule has 3 fully saturated rings. The highest BCUT2D eigenvalue weighted by molar-refractivity contribution is 5.79. The lowest BCUT2D eigenvalue weighted by atomic mass is 9.67. The number of hydrogen-bond acceptors (Lipinski definition) is 2. The van der Waals surface area contributed by atoms with Crippen LogP contribution in [0.25, 0.3) is 0 Å². The number of likely N-dealkylation sites (tertiary alicyclic amines) is 2. The molecule has 3 rings (SSSR count). The summed E-state index contributed by atoms with van der Waals surface area (Å²) in [6.45, 7) is 11.1. The van der Waals surface area contributed by atoms with Crippen molar-refractivity contribution >= 4 is 5.91 Å². The Hall–Kier alpha value is -0.570. The normalized spacial score (nSPS) is 28.1. The monoisotopic (exact) mass is 292 g/mol. The highest BCUT2D eigenvalue weighted by Crippen LogP contribution is 2.45. The minimum Gasteiger partial charge on any atom is -0.341 e. The molecular weight excluding hydrogens is 260 g/mol. The van der Waals surface area contributed by atoms with Crippen molar-refractivity contribution in [2.75, 3.05) is 26.2 Å². The lowest BCUT2D eigenvalue weighted by Crippen LogP contribution is -2.61. The number of piperidine rings is 1. The summed E-state index contributed by atoms with van der Waals surface area (Å²) >= 11 is 0. The van der Waals surface area contributed by atoms with Gasteiger partial charge >= 0.3 is 0 Å². The Morgan fingerprint density at radius 3 is 2.14 bits per heavy atom. The van der Waals surface area contributed by atoms with E-state index in [9.17, 15) is 4.79 Å². The van der Waals surface area contributed by atoms with Gasteiger partial charge in [-0.05, 0) is 57.5 Å². The third-order valence-electron chi connectivity index (χ3n) is 6.21. The molecule has 0 aromatic carbocycles. The molecule has 0 atom stereocenters. The van der Waals surface area contributed by atoms with E-state index in [-0.39, 0.29) is 5.92 Å². The van der Waals surface area contributed by atoms with Gasteiger partial charge in [-0.25, -0.2) is 0 Å². The van der Waals surface area contributed by atoms with Gasteiger partial charge in [0.25, 0.3) is 0 Å². The van der Waals surface area contributed by atoms with E-state index in [1.54, 1.807) is 0 Å². The van der Waals surface area contributed by atoms with E-state index in [1.165, 1.54) is 51.6 Å². The molecule has 0 radical (unpaired) electrons. The first-order valence-corrected chi connectivity index (χ1v) is 9.02. The van der Waals surface area contributed by atoms with Crippen LogP contribution in [0.5, 0.6) is 0 Å². The fourth-order valence-corrected chi connectivity index (χ4v) is 4.57. The highest BCUT2D eigenvalue weighted by Gasteiger charge is 2.47. The van der Waals surface area contributed by atoms with Crippen LogP contribution in [0.4, 0.5) is 0 Å². The highest BCUT2D eigenvalue weighted by atomic mass is 16.2. The second-order valence-corrected chi connectivity index (χ2v) is 8.30. The van der Waals surface area contributed by atoms with E-state index in [2.05, 4.69) is 16.7 Å². The fraction of sp³-hybridized carbons (Fsp3) is 0.944. The predicted octanol–water partition coefficient (Wildman–Crippen LogP) is 3.15. The molecule has 21 heavy (non-hydrogen) atoms. The van der Waals surface area contributed by atoms with Crippen LogP contribution in [-0.4, -0.2) is 47.9 Å². The van der Waals surface area contributed by atoms with Crippen molar-refractivity contribution in [1.82, 2.24) is 9.80 Å². The summed E-state index contributed by atoms with van der Waals surface area (Å²) in [5, 5.41) is 0. The number of rotatable bonds is 2. The minimum absolute atomic E-state index is 0.161. The van der Waals surface area contributed by atoms with E-state index in [0.717, 1.165) is 25.0 Å². The summed E-state index contributed by atoms with van der Waals surface area (Å²) in [6.07, 6.45) is 8.17. The summed E-state index contributed by atoms with van der Waals surface area (Å²) in [4.78, 5) is 16.9. The van der Waals surface area contributed by atoms with Crippen molar-refractivity contribution in [2.24, 2.45) is 17.3 Å². The Balaban J connectivity index is 1.45. The number of carbonyl (C=O) groups is 1. The Labute approximate surface area is 130 Å². The van der Waals surface area contributed by atoms with Gasteiger partial charge in [-0.1, -0.05) is 20.8 Å². The molecule has 1 saturated carbocycles. The van der Waals surface area contributed by atoms with Gasteiger partial charge in [0.2, 0.25) is 5.91 Å². The van der Waals surface area contributed by atoms with E-state index in [0.29, 0.717) is 11.3 Å². The van der Waals surface area contributed by atoms with Crippen molar-refractivity contribution in [3.05, 3.63) is 0 Å². The van der Waals surface area contributed by atoms with E-state index >= 15 is 0 Å². The lowest BCUT2D eigenvalue weighted by molar-refractivity contribution is -0.150. The third-order valence-corrected chi connectivity index (χ3v) is 6.21. The Morgan fingerprint density at radius 2 is 1.62 bits per heavy atom. The van der Waals surface area contributed by atoms with Crippen LogP contribution in [-0.2, 0) is 4.79 Å². The SMILES string of the molecule is CC1CCN(C2CCC3(CC2)CN(C(=O)C(C)C)C3)CC1. The predicted molar refractivity (Wildman–Crippen MR) is 86.1 cm³/mol. The minimum atomic E-state index is 0.161. The second-order valence-electron chi connectivity index (χ2n) is 8.30. The van der Waals surface area contributed by atoms with Crippen LogP contribution >= 0.6 is 0 Å². The number of amides is 1. The molecule has 1 amide bonds. The third kappa shape index (κ3) is 3.13. The first-order valence-electron chi connectivity index (χ1n) is 9.02. The molecule has 0 N–H and O–H groups in total. The maximum Gasteiger partial charge on any atom is 0.225 e. The summed E-state index contributed by atoms with van der Waals surface area (Å²) in [5.41, 5.74) is 0.490. The zero-order valence-electron chi connectivity index (χ0n) is 14.1. The Morgan fingerprint density at radius 1 is 1.05 bits per heavy atom. The van der Waals surface area contributed by atoms with Gasteiger partial charge in [0, 0.05) is 30.5 Å². The van der Waals surface area contributed by atoms with Crippen LogP contribution in [0.15, 0.2) is 0 Å². The van der Waals surface area contributed by atoms with Gasteiger partial charge in [0.05, 0.1) is 0 Å². The first-order chi connectivity index (χ1) is 9.99. The maximum absolute atomic E-state index is 12.0. The molecule has 1 aliphatic carbocycles. The molecule has 2 saturated heterocycles. The zero-order valence-corrected chi connectivity index (χ0v) is 14.1. The van der Waals surface area contributed by atoms with Crippen LogP contribution in [0.2, 0.25) is 0 Å². The lowest BCUT2D eigenvalue weighted by Gasteiger charge is -2.55. The standard InChI is InChI=1S/C18H32N2O/c1-14(2)17(21)20-12-18(13-20)8-4-16(5-9-18)19-10-6-15(3)7-11-19/h14-16H,4-13H2,1-3H3. The van der Waals surface area contributed by atoms with Crippen LogP contribution in [0.3, 0.4) is 0 Å². The van der Waals surface area contributed by atoms with Gasteiger partial charge in [-0.2, -0.15) is 0 Å². The first kappa shape index (κ1) is 15.3. The molecule has 120 valence electrons. The molecule has 0 unspecified atom stereocenters. The van der Waals surface area contributed by atoms with Crippen LogP contribution in [0, 0.1) is 17.3 Å². The van der Waals surface area contributed by atoms with Crippen LogP contribution < -0.4 is 0 Å². The molecule has 2 heterocycles. The quantitative estimate of drug-likeness (QED) is 0.780. The molecule has 3 heteroatoms. The molecule has 2 aliphatic heterocycles. The molecule has 0 aromatic rings. The molecule has 1 spiro atoms. The van der Waals surface area contributed by atoms with E-state index < -0.39 is 0 Å². The van der Waals surface area contributed by atoms with Gasteiger partial charge in [0.15, 0.2) is 0 Å². The van der Waals surface area contributed by atoms with Crippen molar-refractivity contribution in [3.63, 3.8) is 0 Å². The van der Waals surface area contributed by atoms with Crippen LogP contribution in [0.1, 0.15) is 59.3 Å². The summed E-state index contributed by atoms with van der Waals surface area (Å²) in [5.74, 6) is 1.44.